The lowest BCUT2D eigenvalue weighted by atomic mass is 9.75. The first-order valence-electron chi connectivity index (χ1n) is 8.25. The maximum atomic E-state index is 12.6. The van der Waals surface area contributed by atoms with Crippen molar-refractivity contribution in [3.05, 3.63) is 21.3 Å². The minimum atomic E-state index is -1.14. The number of carboxylic acid groups (broad SMARTS) is 1. The minimum Gasteiger partial charge on any atom is -0.477 e. The number of nitrogen functional groups attached to an aromatic ring is 1. The second-order valence-electron chi connectivity index (χ2n) is 6.28. The van der Waals surface area contributed by atoms with E-state index >= 15 is 0 Å². The fourth-order valence-corrected chi connectivity index (χ4v) is 4.57. The zero-order valence-corrected chi connectivity index (χ0v) is 15.9. The van der Waals surface area contributed by atoms with Gasteiger partial charge in [-0.2, -0.15) is 0 Å². The molecule has 1 aromatic heterocycles. The molecule has 1 amide bonds. The van der Waals surface area contributed by atoms with Gasteiger partial charge in [-0.3, -0.25) is 9.59 Å². The molecule has 3 heterocycles. The number of nitrogens with zero attached hydrogens (tertiary/aromatic N) is 3. The molecule has 1 saturated heterocycles. The molecule has 1 fully saturated rings. The van der Waals surface area contributed by atoms with Crippen LogP contribution in [0.25, 0.3) is 0 Å². The fourth-order valence-electron chi connectivity index (χ4n) is 3.64. The number of aliphatic carboxylic acids is 1. The summed E-state index contributed by atoms with van der Waals surface area (Å²) < 4.78 is 0.108. The lowest BCUT2D eigenvalue weighted by molar-refractivity contribution is -0.159. The number of carbonyl (C=O) groups excluding carboxylic acids is 2. The lowest BCUT2D eigenvalue weighted by Gasteiger charge is -2.50. The number of amides is 1. The Morgan fingerprint density at radius 3 is 2.70 bits per heavy atom. The zero-order valence-electron chi connectivity index (χ0n) is 14.3. The Morgan fingerprint density at radius 2 is 2.19 bits per heavy atom. The second-order valence-corrected chi connectivity index (χ2v) is 7.91. The van der Waals surface area contributed by atoms with E-state index in [1.807, 2.05) is 6.92 Å². The van der Waals surface area contributed by atoms with E-state index in [0.29, 0.717) is 19.3 Å². The van der Waals surface area contributed by atoms with Crippen molar-refractivity contribution < 1.29 is 24.7 Å². The summed E-state index contributed by atoms with van der Waals surface area (Å²) in [5.74, 6) is -2.84. The molecule has 3 rings (SSSR count). The van der Waals surface area contributed by atoms with Crippen molar-refractivity contribution in [2.24, 2.45) is 11.1 Å². The van der Waals surface area contributed by atoms with E-state index in [-0.39, 0.29) is 39.0 Å². The molecule has 27 heavy (non-hydrogen) atoms. The number of halogens is 1. The third-order valence-electron chi connectivity index (χ3n) is 4.89. The molecule has 11 heteroatoms. The smallest absolute Gasteiger partial charge is 0.352 e. The van der Waals surface area contributed by atoms with Crippen molar-refractivity contribution in [1.82, 2.24) is 9.88 Å². The molecule has 0 radical (unpaired) electrons. The average Bonchev–Trinajstić information content (AvgIpc) is 2.96. The van der Waals surface area contributed by atoms with E-state index in [1.54, 1.807) is 0 Å². The standard InChI is InChI=1S/C16H17ClN4O5S/c1-2-6-3-4-8-7(14(23)21(8)12(6)15(24)25)5-9(22)10(20-26)11-13(17)27-16(18)19-11/h7-8,26H,2-5H2,1H3,(H2,18,19)(H,24,25)/b20-10+/t7-,8?/m0/s1. The van der Waals surface area contributed by atoms with Gasteiger partial charge < -0.3 is 20.9 Å². The highest BCUT2D eigenvalue weighted by Gasteiger charge is 2.53. The first-order valence-corrected chi connectivity index (χ1v) is 9.45. The molecule has 0 aliphatic carbocycles. The number of anilines is 1. The highest BCUT2D eigenvalue weighted by molar-refractivity contribution is 7.19. The van der Waals surface area contributed by atoms with Gasteiger partial charge in [-0.05, 0) is 24.8 Å². The Bertz CT molecular complexity index is 893. The van der Waals surface area contributed by atoms with Crippen molar-refractivity contribution >= 4 is 51.4 Å². The number of hydrogen-bond acceptors (Lipinski definition) is 8. The van der Waals surface area contributed by atoms with Crippen LogP contribution in [0.3, 0.4) is 0 Å². The lowest BCUT2D eigenvalue weighted by Crippen LogP contribution is -2.63. The van der Waals surface area contributed by atoms with Gasteiger partial charge in [0.1, 0.15) is 15.7 Å². The van der Waals surface area contributed by atoms with E-state index in [4.69, 9.17) is 17.3 Å². The number of thiazole rings is 1. The quantitative estimate of drug-likeness (QED) is 0.280. The number of Topliss-reactive ketones (excluding diaryl/α,β-unsaturated/α-hetero) is 1. The molecule has 0 bridgehead atoms. The van der Waals surface area contributed by atoms with E-state index < -0.39 is 23.6 Å². The van der Waals surface area contributed by atoms with Crippen LogP contribution in [-0.2, 0) is 14.4 Å². The van der Waals surface area contributed by atoms with Gasteiger partial charge in [-0.15, -0.1) is 0 Å². The highest BCUT2D eigenvalue weighted by Crippen LogP contribution is 2.42. The molecule has 2 aliphatic heterocycles. The van der Waals surface area contributed by atoms with Crippen LogP contribution in [-0.4, -0.2) is 49.6 Å². The molecule has 4 N–H and O–H groups in total. The largest absolute Gasteiger partial charge is 0.477 e. The topological polar surface area (TPSA) is 146 Å². The SMILES string of the molecule is CCC1=C(C(=O)O)N2C(=O)[C@@H](CC(=O)/C(=N\O)c3nc(N)sc3Cl)C2CC1. The predicted octanol–water partition coefficient (Wildman–Crippen LogP) is 1.89. The molecule has 144 valence electrons. The maximum absolute atomic E-state index is 12.6. The molecule has 2 atom stereocenters. The number of rotatable bonds is 6. The van der Waals surface area contributed by atoms with Crippen LogP contribution in [0.5, 0.6) is 0 Å². The first-order chi connectivity index (χ1) is 12.8. The van der Waals surface area contributed by atoms with Crippen LogP contribution < -0.4 is 5.73 Å². The van der Waals surface area contributed by atoms with Crippen molar-refractivity contribution in [2.45, 2.75) is 38.6 Å². The van der Waals surface area contributed by atoms with Gasteiger partial charge >= 0.3 is 5.97 Å². The summed E-state index contributed by atoms with van der Waals surface area (Å²) in [6.07, 6.45) is 1.47. The number of carboxylic acids is 1. The number of fused-ring (bicyclic) bond motifs is 1. The van der Waals surface area contributed by atoms with Crippen molar-refractivity contribution in [1.29, 1.82) is 0 Å². The number of aromatic nitrogens is 1. The van der Waals surface area contributed by atoms with Gasteiger partial charge in [0.05, 0.1) is 5.92 Å². The normalized spacial score (nSPS) is 22.5. The van der Waals surface area contributed by atoms with Crippen LogP contribution in [0.1, 0.15) is 38.3 Å². The van der Waals surface area contributed by atoms with Gasteiger partial charge in [0, 0.05) is 12.5 Å². The Kier molecular flexibility index (Phi) is 5.20. The zero-order chi connectivity index (χ0) is 19.9. The summed E-state index contributed by atoms with van der Waals surface area (Å²) in [4.78, 5) is 41.8. The summed E-state index contributed by atoms with van der Waals surface area (Å²) >= 11 is 6.89. The van der Waals surface area contributed by atoms with Crippen molar-refractivity contribution in [3.63, 3.8) is 0 Å². The number of β-lactam (4-membered cyclic amide) rings is 1. The molecule has 9 nitrogen and oxygen atoms in total. The predicted molar refractivity (Wildman–Crippen MR) is 97.8 cm³/mol. The second kappa shape index (κ2) is 7.28. The Hall–Kier alpha value is -2.46. The average molecular weight is 413 g/mol. The van der Waals surface area contributed by atoms with Crippen LogP contribution >= 0.6 is 22.9 Å². The molecular weight excluding hydrogens is 396 g/mol. The summed E-state index contributed by atoms with van der Waals surface area (Å²) in [6.45, 7) is 1.84. The van der Waals surface area contributed by atoms with Gasteiger partial charge in [-0.1, -0.05) is 35.0 Å². The van der Waals surface area contributed by atoms with Crippen LogP contribution in [0.15, 0.2) is 16.4 Å². The van der Waals surface area contributed by atoms with E-state index in [1.165, 1.54) is 4.90 Å². The summed E-state index contributed by atoms with van der Waals surface area (Å²) in [6, 6.07) is -0.362. The Balaban J connectivity index is 1.79. The minimum absolute atomic E-state index is 0.0221. The van der Waals surface area contributed by atoms with Gasteiger partial charge in [0.15, 0.2) is 16.6 Å². The molecule has 1 unspecified atom stereocenters. The number of hydrogen-bond donors (Lipinski definition) is 3. The van der Waals surface area contributed by atoms with Gasteiger partial charge in [0.2, 0.25) is 5.91 Å². The summed E-state index contributed by atoms with van der Waals surface area (Å²) in [7, 11) is 0. The van der Waals surface area contributed by atoms with E-state index in [9.17, 15) is 24.7 Å². The number of ketones is 1. The molecule has 1 aromatic rings. The number of oxime groups is 1. The number of nitrogens with two attached hydrogens (primary N) is 1. The Labute approximate surface area is 163 Å². The molecule has 2 aliphatic rings. The van der Waals surface area contributed by atoms with Gasteiger partial charge in [0.25, 0.3) is 0 Å². The molecule has 0 spiro atoms. The summed E-state index contributed by atoms with van der Waals surface area (Å²) in [5.41, 5.74) is 5.89. The maximum Gasteiger partial charge on any atom is 0.352 e. The third kappa shape index (κ3) is 3.19. The number of allylic oxidation sites excluding steroid dienone is 1. The highest BCUT2D eigenvalue weighted by atomic mass is 35.5. The molecule has 0 aromatic carbocycles. The van der Waals surface area contributed by atoms with Crippen LogP contribution in [0, 0.1) is 5.92 Å². The molecular formula is C16H17ClN4O5S. The van der Waals surface area contributed by atoms with Crippen LogP contribution in [0.4, 0.5) is 5.13 Å². The Morgan fingerprint density at radius 1 is 1.48 bits per heavy atom. The third-order valence-corrected chi connectivity index (χ3v) is 5.98. The van der Waals surface area contributed by atoms with Crippen LogP contribution in [0.2, 0.25) is 4.34 Å². The first kappa shape index (κ1) is 19.3. The van der Waals surface area contributed by atoms with E-state index in [2.05, 4.69) is 10.1 Å². The van der Waals surface area contributed by atoms with E-state index in [0.717, 1.165) is 16.9 Å². The van der Waals surface area contributed by atoms with Gasteiger partial charge in [-0.25, -0.2) is 9.78 Å². The number of carbonyl (C=O) groups is 3. The molecule has 0 saturated carbocycles. The van der Waals surface area contributed by atoms with Crippen molar-refractivity contribution in [2.75, 3.05) is 5.73 Å². The monoisotopic (exact) mass is 412 g/mol. The fraction of sp³-hybridized carbons (Fsp3) is 0.438. The summed E-state index contributed by atoms with van der Waals surface area (Å²) in [5, 5.41) is 21.8. The van der Waals surface area contributed by atoms with Crippen molar-refractivity contribution in [3.8, 4) is 0 Å².